The van der Waals surface area contributed by atoms with Gasteiger partial charge in [-0.2, -0.15) is 0 Å². The zero-order valence-corrected chi connectivity index (χ0v) is 8.50. The minimum Gasteiger partial charge on any atom is -0.478 e. The second kappa shape index (κ2) is 4.13. The van der Waals surface area contributed by atoms with Crippen molar-refractivity contribution in [2.24, 2.45) is 0 Å². The number of hydrogen-bond acceptors (Lipinski definition) is 2. The molecule has 1 rings (SSSR count). The molecule has 76 valence electrons. The second-order valence-electron chi connectivity index (χ2n) is 3.18. The van der Waals surface area contributed by atoms with E-state index in [2.05, 4.69) is 0 Å². The van der Waals surface area contributed by atoms with Gasteiger partial charge in [-0.15, -0.1) is 0 Å². The third-order valence-corrected chi connectivity index (χ3v) is 2.41. The van der Waals surface area contributed by atoms with Gasteiger partial charge in [-0.1, -0.05) is 19.9 Å². The van der Waals surface area contributed by atoms with E-state index in [0.29, 0.717) is 17.7 Å². The van der Waals surface area contributed by atoms with Crippen LogP contribution in [-0.2, 0) is 12.8 Å². The largest absolute Gasteiger partial charge is 0.478 e. The van der Waals surface area contributed by atoms with Gasteiger partial charge in [0.1, 0.15) is 0 Å². The Hall–Kier alpha value is -1.51. The highest BCUT2D eigenvalue weighted by atomic mass is 16.4. The molecular weight excluding hydrogens is 178 g/mol. The number of carboxylic acids is 1. The van der Waals surface area contributed by atoms with Crippen molar-refractivity contribution >= 4 is 11.7 Å². The molecule has 1 aromatic rings. The maximum Gasteiger partial charge on any atom is 0.336 e. The van der Waals surface area contributed by atoms with Gasteiger partial charge in [-0.3, -0.25) is 0 Å². The summed E-state index contributed by atoms with van der Waals surface area (Å²) in [5.74, 6) is -0.906. The molecule has 0 fully saturated rings. The quantitative estimate of drug-likeness (QED) is 0.722. The molecule has 0 amide bonds. The SMILES string of the molecule is CCc1ccc(C(=O)O)c(CC)c1N. The number of anilines is 1. The molecule has 1 aromatic carbocycles. The van der Waals surface area contributed by atoms with Gasteiger partial charge in [0.2, 0.25) is 0 Å². The lowest BCUT2D eigenvalue weighted by Gasteiger charge is -2.11. The average molecular weight is 193 g/mol. The van der Waals surface area contributed by atoms with Crippen molar-refractivity contribution in [1.29, 1.82) is 0 Å². The highest BCUT2D eigenvalue weighted by molar-refractivity contribution is 5.91. The number of benzene rings is 1. The van der Waals surface area contributed by atoms with Crippen molar-refractivity contribution in [1.82, 2.24) is 0 Å². The molecular formula is C11H15NO2. The molecule has 0 aromatic heterocycles. The van der Waals surface area contributed by atoms with Crippen LogP contribution in [0.25, 0.3) is 0 Å². The molecule has 0 unspecified atom stereocenters. The van der Waals surface area contributed by atoms with Gasteiger partial charge in [0.05, 0.1) is 5.56 Å². The second-order valence-corrected chi connectivity index (χ2v) is 3.18. The molecule has 0 atom stereocenters. The molecule has 0 aliphatic rings. The smallest absolute Gasteiger partial charge is 0.336 e. The van der Waals surface area contributed by atoms with Crippen LogP contribution in [0.5, 0.6) is 0 Å². The van der Waals surface area contributed by atoms with Gasteiger partial charge >= 0.3 is 5.97 Å². The van der Waals surface area contributed by atoms with Gasteiger partial charge in [0, 0.05) is 5.69 Å². The van der Waals surface area contributed by atoms with Crippen LogP contribution in [0.3, 0.4) is 0 Å². The predicted molar refractivity (Wildman–Crippen MR) is 56.6 cm³/mol. The van der Waals surface area contributed by atoms with Gasteiger partial charge in [0.15, 0.2) is 0 Å². The molecule has 0 saturated heterocycles. The molecule has 0 saturated carbocycles. The summed E-state index contributed by atoms with van der Waals surface area (Å²) in [4.78, 5) is 10.9. The number of carbonyl (C=O) groups is 1. The molecule has 3 heteroatoms. The normalized spacial score (nSPS) is 10.1. The Morgan fingerprint density at radius 3 is 2.43 bits per heavy atom. The zero-order valence-electron chi connectivity index (χ0n) is 8.50. The van der Waals surface area contributed by atoms with Crippen LogP contribution in [0, 0.1) is 0 Å². The van der Waals surface area contributed by atoms with E-state index >= 15 is 0 Å². The van der Waals surface area contributed by atoms with E-state index in [1.165, 1.54) is 0 Å². The van der Waals surface area contributed by atoms with Crippen LogP contribution in [0.1, 0.15) is 35.3 Å². The number of carboxylic acid groups (broad SMARTS) is 1. The molecule has 0 spiro atoms. The number of aryl methyl sites for hydroxylation is 1. The third kappa shape index (κ3) is 1.71. The van der Waals surface area contributed by atoms with Gasteiger partial charge in [-0.25, -0.2) is 4.79 Å². The number of hydrogen-bond donors (Lipinski definition) is 2. The molecule has 0 heterocycles. The summed E-state index contributed by atoms with van der Waals surface area (Å²) in [5.41, 5.74) is 8.60. The minimum absolute atomic E-state index is 0.321. The highest BCUT2D eigenvalue weighted by Crippen LogP contribution is 2.23. The summed E-state index contributed by atoms with van der Waals surface area (Å²) < 4.78 is 0. The molecule has 0 aliphatic carbocycles. The Balaban J connectivity index is 3.35. The van der Waals surface area contributed by atoms with Crippen LogP contribution in [0.4, 0.5) is 5.69 Å². The molecule has 0 radical (unpaired) electrons. The van der Waals surface area contributed by atoms with Gasteiger partial charge < -0.3 is 10.8 Å². The molecule has 3 N–H and O–H groups in total. The van der Waals surface area contributed by atoms with E-state index in [-0.39, 0.29) is 0 Å². The Labute approximate surface area is 83.6 Å². The Kier molecular flexibility index (Phi) is 3.12. The van der Waals surface area contributed by atoms with E-state index in [1.807, 2.05) is 13.8 Å². The highest BCUT2D eigenvalue weighted by Gasteiger charge is 2.13. The number of nitrogen functional groups attached to an aromatic ring is 1. The van der Waals surface area contributed by atoms with Crippen LogP contribution in [0.15, 0.2) is 12.1 Å². The number of nitrogens with two attached hydrogens (primary N) is 1. The van der Waals surface area contributed by atoms with Crippen molar-refractivity contribution in [3.8, 4) is 0 Å². The van der Waals surface area contributed by atoms with Crippen molar-refractivity contribution < 1.29 is 9.90 Å². The van der Waals surface area contributed by atoms with Crippen LogP contribution >= 0.6 is 0 Å². The predicted octanol–water partition coefficient (Wildman–Crippen LogP) is 2.09. The Morgan fingerprint density at radius 2 is 2.00 bits per heavy atom. The first-order valence-electron chi connectivity index (χ1n) is 4.75. The summed E-state index contributed by atoms with van der Waals surface area (Å²) >= 11 is 0. The maximum absolute atomic E-state index is 10.9. The summed E-state index contributed by atoms with van der Waals surface area (Å²) in [5, 5.41) is 8.93. The lowest BCUT2D eigenvalue weighted by molar-refractivity contribution is 0.0696. The fourth-order valence-electron chi connectivity index (χ4n) is 1.60. The maximum atomic E-state index is 10.9. The Morgan fingerprint density at radius 1 is 1.36 bits per heavy atom. The first-order chi connectivity index (χ1) is 6.61. The van der Waals surface area contributed by atoms with Crippen molar-refractivity contribution in [3.05, 3.63) is 28.8 Å². The van der Waals surface area contributed by atoms with E-state index in [1.54, 1.807) is 12.1 Å². The molecule has 3 nitrogen and oxygen atoms in total. The third-order valence-electron chi connectivity index (χ3n) is 2.41. The van der Waals surface area contributed by atoms with Crippen molar-refractivity contribution in [3.63, 3.8) is 0 Å². The zero-order chi connectivity index (χ0) is 10.7. The van der Waals surface area contributed by atoms with Crippen LogP contribution in [0.2, 0.25) is 0 Å². The monoisotopic (exact) mass is 193 g/mol. The van der Waals surface area contributed by atoms with Crippen LogP contribution < -0.4 is 5.73 Å². The molecule has 14 heavy (non-hydrogen) atoms. The van der Waals surface area contributed by atoms with E-state index < -0.39 is 5.97 Å². The summed E-state index contributed by atoms with van der Waals surface area (Å²) in [6, 6.07) is 3.42. The van der Waals surface area contributed by atoms with Crippen molar-refractivity contribution in [2.45, 2.75) is 26.7 Å². The summed E-state index contributed by atoms with van der Waals surface area (Å²) in [7, 11) is 0. The summed E-state index contributed by atoms with van der Waals surface area (Å²) in [6.07, 6.45) is 1.49. The number of rotatable bonds is 3. The minimum atomic E-state index is -0.906. The van der Waals surface area contributed by atoms with Crippen molar-refractivity contribution in [2.75, 3.05) is 5.73 Å². The Bertz CT molecular complexity index is 359. The first kappa shape index (κ1) is 10.6. The molecule has 0 aliphatic heterocycles. The van der Waals surface area contributed by atoms with Gasteiger partial charge in [-0.05, 0) is 30.0 Å². The lowest BCUT2D eigenvalue weighted by atomic mass is 9.98. The van der Waals surface area contributed by atoms with E-state index in [9.17, 15) is 4.79 Å². The van der Waals surface area contributed by atoms with E-state index in [0.717, 1.165) is 17.5 Å². The fourth-order valence-corrected chi connectivity index (χ4v) is 1.60. The fraction of sp³-hybridized carbons (Fsp3) is 0.364. The standard InChI is InChI=1S/C11H15NO2/c1-3-7-5-6-9(11(13)14)8(4-2)10(7)12/h5-6H,3-4,12H2,1-2H3,(H,13,14). The average Bonchev–Trinajstić information content (AvgIpc) is 2.17. The number of aromatic carboxylic acids is 1. The molecule has 0 bridgehead atoms. The first-order valence-corrected chi connectivity index (χ1v) is 4.75. The van der Waals surface area contributed by atoms with E-state index in [4.69, 9.17) is 10.8 Å². The lowest BCUT2D eigenvalue weighted by Crippen LogP contribution is -2.07. The van der Waals surface area contributed by atoms with Gasteiger partial charge in [0.25, 0.3) is 0 Å². The van der Waals surface area contributed by atoms with Crippen LogP contribution in [-0.4, -0.2) is 11.1 Å². The topological polar surface area (TPSA) is 63.3 Å². The summed E-state index contributed by atoms with van der Waals surface area (Å²) in [6.45, 7) is 3.92.